The number of rotatable bonds is 0. The minimum Gasteiger partial charge on any atom is -0.364 e. The summed E-state index contributed by atoms with van der Waals surface area (Å²) >= 11 is 0. The molecule has 0 spiro atoms. The molecule has 102 valence electrons. The van der Waals surface area contributed by atoms with Gasteiger partial charge in [-0.3, -0.25) is 0 Å². The van der Waals surface area contributed by atoms with E-state index in [0.29, 0.717) is 17.3 Å². The van der Waals surface area contributed by atoms with E-state index in [4.69, 9.17) is 9.47 Å². The Labute approximate surface area is 107 Å². The monoisotopic (exact) mass is 254 g/mol. The summed E-state index contributed by atoms with van der Waals surface area (Å²) in [5.41, 5.74) is 0.0142. The fourth-order valence-electron chi connectivity index (χ4n) is 5.25. The SMILES string of the molecule is CC1(C)C[C@H]2C3O[C@@H](O)[C@]4(O)O[C@@](C)(CC34)[C@H]2C1. The molecule has 2 saturated carbocycles. The molecule has 0 amide bonds. The minimum absolute atomic E-state index is 0.0349. The normalized spacial score (nSPS) is 64.2. The number of aliphatic hydroxyl groups excluding tert-OH is 1. The second kappa shape index (κ2) is 2.95. The van der Waals surface area contributed by atoms with E-state index in [9.17, 15) is 10.2 Å². The van der Waals surface area contributed by atoms with Crippen LogP contribution < -0.4 is 0 Å². The van der Waals surface area contributed by atoms with Gasteiger partial charge in [-0.2, -0.15) is 0 Å². The molecule has 4 nitrogen and oxygen atoms in total. The molecule has 0 aromatic heterocycles. The maximum absolute atomic E-state index is 10.5. The standard InChI is InChI=1S/C14H22O4/c1-12(2)4-7-8(5-12)13(3)6-9-10(7)17-11(15)14(9,16)18-13/h7-11,15-16H,4-6H2,1-3H3/t7-,8+,9?,10?,11-,13+,14-/m1/s1. The number of hydrogen-bond donors (Lipinski definition) is 2. The molecule has 2 bridgehead atoms. The largest absolute Gasteiger partial charge is 0.364 e. The highest BCUT2D eigenvalue weighted by molar-refractivity contribution is 5.16. The van der Waals surface area contributed by atoms with Gasteiger partial charge in [-0.1, -0.05) is 13.8 Å². The van der Waals surface area contributed by atoms with Gasteiger partial charge in [0.1, 0.15) is 0 Å². The first-order valence-electron chi connectivity index (χ1n) is 7.01. The van der Waals surface area contributed by atoms with E-state index in [1.54, 1.807) is 0 Å². The van der Waals surface area contributed by atoms with E-state index in [0.717, 1.165) is 19.3 Å². The molecule has 2 saturated heterocycles. The van der Waals surface area contributed by atoms with Crippen LogP contribution in [0.4, 0.5) is 0 Å². The van der Waals surface area contributed by atoms with Crippen LogP contribution in [-0.4, -0.2) is 34.0 Å². The van der Waals surface area contributed by atoms with E-state index in [1.807, 2.05) is 0 Å². The summed E-state index contributed by atoms with van der Waals surface area (Å²) < 4.78 is 11.6. The number of aliphatic hydroxyl groups is 2. The molecule has 2 unspecified atom stereocenters. The van der Waals surface area contributed by atoms with E-state index in [1.165, 1.54) is 0 Å². The number of hydrogen-bond acceptors (Lipinski definition) is 4. The Hall–Kier alpha value is -0.160. The van der Waals surface area contributed by atoms with Crippen molar-refractivity contribution < 1.29 is 19.7 Å². The summed E-state index contributed by atoms with van der Waals surface area (Å²) in [7, 11) is 0. The zero-order valence-electron chi connectivity index (χ0n) is 11.2. The molecular weight excluding hydrogens is 232 g/mol. The Morgan fingerprint density at radius 1 is 1.06 bits per heavy atom. The van der Waals surface area contributed by atoms with Crippen LogP contribution in [-0.2, 0) is 9.47 Å². The third-order valence-electron chi connectivity index (χ3n) is 5.87. The molecule has 4 aliphatic rings. The summed E-state index contributed by atoms with van der Waals surface area (Å²) in [6.07, 6.45) is 1.81. The summed E-state index contributed by atoms with van der Waals surface area (Å²) in [6.45, 7) is 6.69. The van der Waals surface area contributed by atoms with Crippen LogP contribution in [0.3, 0.4) is 0 Å². The molecule has 4 heteroatoms. The second-order valence-corrected chi connectivity index (χ2v) is 7.77. The van der Waals surface area contributed by atoms with Gasteiger partial charge in [-0.15, -0.1) is 0 Å². The van der Waals surface area contributed by atoms with Crippen molar-refractivity contribution in [2.24, 2.45) is 23.2 Å². The van der Waals surface area contributed by atoms with Crippen LogP contribution in [0.25, 0.3) is 0 Å². The third kappa shape index (κ3) is 1.16. The van der Waals surface area contributed by atoms with Crippen LogP contribution in [0.15, 0.2) is 0 Å². The average Bonchev–Trinajstić information content (AvgIpc) is 2.76. The Balaban J connectivity index is 1.79. The lowest BCUT2D eigenvalue weighted by molar-refractivity contribution is -0.319. The molecule has 2 aliphatic carbocycles. The highest BCUT2D eigenvalue weighted by Gasteiger charge is 2.74. The van der Waals surface area contributed by atoms with Gasteiger partial charge in [0.05, 0.1) is 11.7 Å². The third-order valence-corrected chi connectivity index (χ3v) is 5.87. The Morgan fingerprint density at radius 2 is 1.78 bits per heavy atom. The quantitative estimate of drug-likeness (QED) is 0.683. The van der Waals surface area contributed by atoms with E-state index < -0.39 is 12.1 Å². The van der Waals surface area contributed by atoms with Gasteiger partial charge in [0.25, 0.3) is 0 Å². The summed E-state index contributed by atoms with van der Waals surface area (Å²) in [4.78, 5) is 0. The summed E-state index contributed by atoms with van der Waals surface area (Å²) in [6, 6.07) is 0. The van der Waals surface area contributed by atoms with Gasteiger partial charge in [0, 0.05) is 5.92 Å². The lowest BCUT2D eigenvalue weighted by Gasteiger charge is -2.42. The van der Waals surface area contributed by atoms with Gasteiger partial charge >= 0.3 is 0 Å². The van der Waals surface area contributed by atoms with Crippen LogP contribution in [0.2, 0.25) is 0 Å². The van der Waals surface area contributed by atoms with Crippen molar-refractivity contribution in [1.82, 2.24) is 0 Å². The number of ether oxygens (including phenoxy) is 2. The van der Waals surface area contributed by atoms with Gasteiger partial charge in [-0.25, -0.2) is 0 Å². The predicted octanol–water partition coefficient (Wildman–Crippen LogP) is 1.25. The van der Waals surface area contributed by atoms with Crippen LogP contribution >= 0.6 is 0 Å². The fourth-order valence-corrected chi connectivity index (χ4v) is 5.25. The van der Waals surface area contributed by atoms with Crippen molar-refractivity contribution in [1.29, 1.82) is 0 Å². The minimum atomic E-state index is -1.46. The molecule has 7 atom stereocenters. The van der Waals surface area contributed by atoms with Crippen molar-refractivity contribution >= 4 is 0 Å². The molecule has 0 aromatic rings. The smallest absolute Gasteiger partial charge is 0.224 e. The molecule has 2 N–H and O–H groups in total. The van der Waals surface area contributed by atoms with Gasteiger partial charge < -0.3 is 19.7 Å². The highest BCUT2D eigenvalue weighted by Crippen LogP contribution is 2.66. The summed E-state index contributed by atoms with van der Waals surface area (Å²) in [5, 5.41) is 20.5. The Bertz CT molecular complexity index is 409. The van der Waals surface area contributed by atoms with Crippen molar-refractivity contribution in [3.8, 4) is 0 Å². The molecule has 2 heterocycles. The number of fused-ring (bicyclic) bond motifs is 4. The van der Waals surface area contributed by atoms with Crippen LogP contribution in [0, 0.1) is 23.2 Å². The molecule has 4 rings (SSSR count). The van der Waals surface area contributed by atoms with Crippen molar-refractivity contribution in [2.75, 3.05) is 0 Å². The maximum atomic E-state index is 10.5. The predicted molar refractivity (Wildman–Crippen MR) is 63.4 cm³/mol. The first kappa shape index (κ1) is 11.6. The first-order valence-corrected chi connectivity index (χ1v) is 7.01. The maximum Gasteiger partial charge on any atom is 0.224 e. The Kier molecular flexibility index (Phi) is 1.91. The highest BCUT2D eigenvalue weighted by atomic mass is 16.7. The van der Waals surface area contributed by atoms with Crippen molar-refractivity contribution in [2.45, 2.75) is 63.8 Å². The average molecular weight is 254 g/mol. The zero-order valence-corrected chi connectivity index (χ0v) is 11.2. The molecule has 2 aliphatic heterocycles. The summed E-state index contributed by atoms with van der Waals surface area (Å²) in [5.74, 6) is -0.675. The van der Waals surface area contributed by atoms with Crippen molar-refractivity contribution in [3.63, 3.8) is 0 Å². The lowest BCUT2D eigenvalue weighted by atomic mass is 9.67. The van der Waals surface area contributed by atoms with E-state index >= 15 is 0 Å². The van der Waals surface area contributed by atoms with Crippen LogP contribution in [0.5, 0.6) is 0 Å². The second-order valence-electron chi connectivity index (χ2n) is 7.77. The fraction of sp³-hybridized carbons (Fsp3) is 1.00. The molecule has 0 radical (unpaired) electrons. The first-order chi connectivity index (χ1) is 8.25. The van der Waals surface area contributed by atoms with E-state index in [-0.39, 0.29) is 17.6 Å². The van der Waals surface area contributed by atoms with E-state index in [2.05, 4.69) is 20.8 Å². The van der Waals surface area contributed by atoms with Gasteiger partial charge in [0.15, 0.2) is 0 Å². The zero-order chi connectivity index (χ0) is 12.9. The Morgan fingerprint density at radius 3 is 2.50 bits per heavy atom. The van der Waals surface area contributed by atoms with Crippen molar-refractivity contribution in [3.05, 3.63) is 0 Å². The molecule has 18 heavy (non-hydrogen) atoms. The molecule has 0 aromatic carbocycles. The van der Waals surface area contributed by atoms with Crippen LogP contribution in [0.1, 0.15) is 40.0 Å². The molecular formula is C14H22O4. The van der Waals surface area contributed by atoms with Gasteiger partial charge in [0.2, 0.25) is 12.1 Å². The topological polar surface area (TPSA) is 58.9 Å². The lowest BCUT2D eigenvalue weighted by Crippen LogP contribution is -2.48. The van der Waals surface area contributed by atoms with Gasteiger partial charge in [-0.05, 0) is 43.4 Å². The molecule has 4 fully saturated rings.